The zero-order chi connectivity index (χ0) is 14.8. The molecular weight excluding hydrogens is 419 g/mol. The fraction of sp³-hybridized carbons (Fsp3) is 0.133. The van der Waals surface area contributed by atoms with E-state index in [1.807, 2.05) is 43.3 Å². The summed E-state index contributed by atoms with van der Waals surface area (Å²) in [6.45, 7) is 2.64. The van der Waals surface area contributed by atoms with E-state index < -0.39 is 0 Å². The van der Waals surface area contributed by atoms with Crippen molar-refractivity contribution in [2.45, 2.75) is 6.92 Å². The molecule has 1 heterocycles. The summed E-state index contributed by atoms with van der Waals surface area (Å²) in [6, 6.07) is 11.7. The number of hydrogen-bond acceptors (Lipinski definition) is 4. The quantitative estimate of drug-likeness (QED) is 0.539. The first kappa shape index (κ1) is 14.9. The molecule has 3 nitrogen and oxygen atoms in total. The van der Waals surface area contributed by atoms with Gasteiger partial charge in [0.05, 0.1) is 22.5 Å². The van der Waals surface area contributed by atoms with Crippen LogP contribution in [0, 0.1) is 3.57 Å². The minimum atomic E-state index is 0.665. The minimum Gasteiger partial charge on any atom is -0.494 e. The van der Waals surface area contributed by atoms with Crippen molar-refractivity contribution in [3.05, 3.63) is 45.0 Å². The first-order chi connectivity index (χ1) is 10.2. The second-order valence-electron chi connectivity index (χ2n) is 4.33. The van der Waals surface area contributed by atoms with Crippen LogP contribution >= 0.6 is 45.5 Å². The molecule has 0 saturated carbocycles. The molecule has 2 aromatic carbocycles. The van der Waals surface area contributed by atoms with Gasteiger partial charge in [0.1, 0.15) is 5.75 Å². The van der Waals surface area contributed by atoms with Gasteiger partial charge in [-0.1, -0.05) is 22.9 Å². The van der Waals surface area contributed by atoms with Gasteiger partial charge < -0.3 is 10.1 Å². The van der Waals surface area contributed by atoms with Crippen molar-refractivity contribution in [3.63, 3.8) is 0 Å². The van der Waals surface area contributed by atoms with Gasteiger partial charge in [-0.05, 0) is 65.9 Å². The maximum atomic E-state index is 5.97. The van der Waals surface area contributed by atoms with E-state index in [4.69, 9.17) is 16.3 Å². The lowest BCUT2D eigenvalue weighted by molar-refractivity contribution is 0.341. The Morgan fingerprint density at radius 1 is 1.29 bits per heavy atom. The highest BCUT2D eigenvalue weighted by Gasteiger charge is 2.07. The number of benzene rings is 2. The van der Waals surface area contributed by atoms with Crippen LogP contribution in [0.15, 0.2) is 36.4 Å². The highest BCUT2D eigenvalue weighted by Crippen LogP contribution is 2.32. The first-order valence-corrected chi connectivity index (χ1v) is 8.68. The summed E-state index contributed by atoms with van der Waals surface area (Å²) < 4.78 is 7.68. The maximum Gasteiger partial charge on any atom is 0.188 e. The topological polar surface area (TPSA) is 34.1 Å². The summed E-state index contributed by atoms with van der Waals surface area (Å²) in [5.74, 6) is 0.876. The van der Waals surface area contributed by atoms with E-state index in [1.165, 1.54) is 0 Å². The molecule has 0 aliphatic heterocycles. The molecule has 6 heteroatoms. The number of nitrogens with one attached hydrogen (secondary N) is 1. The van der Waals surface area contributed by atoms with Crippen molar-refractivity contribution in [1.82, 2.24) is 4.98 Å². The van der Waals surface area contributed by atoms with Gasteiger partial charge in [0, 0.05) is 8.59 Å². The summed E-state index contributed by atoms with van der Waals surface area (Å²) in [5.41, 5.74) is 1.97. The van der Waals surface area contributed by atoms with Gasteiger partial charge >= 0.3 is 0 Å². The number of aromatic nitrogens is 1. The number of rotatable bonds is 4. The monoisotopic (exact) mass is 430 g/mol. The van der Waals surface area contributed by atoms with Crippen molar-refractivity contribution in [1.29, 1.82) is 0 Å². The zero-order valence-electron chi connectivity index (χ0n) is 11.2. The summed E-state index contributed by atoms with van der Waals surface area (Å²) in [6.07, 6.45) is 0. The molecule has 0 spiro atoms. The van der Waals surface area contributed by atoms with E-state index in [9.17, 15) is 0 Å². The molecule has 1 aromatic heterocycles. The van der Waals surface area contributed by atoms with E-state index in [2.05, 4.69) is 32.9 Å². The van der Waals surface area contributed by atoms with Crippen LogP contribution in [0.3, 0.4) is 0 Å². The van der Waals surface area contributed by atoms with Crippen LogP contribution in [0.1, 0.15) is 6.92 Å². The lowest BCUT2D eigenvalue weighted by Gasteiger charge is -2.05. The van der Waals surface area contributed by atoms with Gasteiger partial charge in [-0.3, -0.25) is 0 Å². The molecule has 0 aliphatic rings. The van der Waals surface area contributed by atoms with Crippen molar-refractivity contribution >= 4 is 66.6 Å². The number of nitrogens with zero attached hydrogens (tertiary/aromatic N) is 1. The molecular formula is C15H12ClIN2OS. The molecule has 0 saturated heterocycles. The molecule has 108 valence electrons. The Morgan fingerprint density at radius 3 is 2.90 bits per heavy atom. The summed E-state index contributed by atoms with van der Waals surface area (Å²) >= 11 is 9.84. The zero-order valence-corrected chi connectivity index (χ0v) is 14.9. The van der Waals surface area contributed by atoms with E-state index in [0.29, 0.717) is 6.61 Å². The van der Waals surface area contributed by atoms with E-state index in [1.54, 1.807) is 11.3 Å². The number of anilines is 2. The van der Waals surface area contributed by atoms with Gasteiger partial charge in [0.15, 0.2) is 5.13 Å². The Bertz CT molecular complexity index is 790. The average molecular weight is 431 g/mol. The van der Waals surface area contributed by atoms with Crippen LogP contribution in [0.2, 0.25) is 5.02 Å². The molecule has 0 radical (unpaired) electrons. The molecule has 3 rings (SSSR count). The largest absolute Gasteiger partial charge is 0.494 e. The number of halogens is 2. The minimum absolute atomic E-state index is 0.665. The van der Waals surface area contributed by atoms with Crippen LogP contribution in [-0.4, -0.2) is 11.6 Å². The Balaban J connectivity index is 1.90. The van der Waals surface area contributed by atoms with Crippen molar-refractivity contribution < 1.29 is 4.74 Å². The Morgan fingerprint density at radius 2 is 2.14 bits per heavy atom. The highest BCUT2D eigenvalue weighted by atomic mass is 127. The van der Waals surface area contributed by atoms with E-state index >= 15 is 0 Å². The molecule has 0 unspecified atom stereocenters. The molecule has 0 fully saturated rings. The Labute approximate surface area is 145 Å². The van der Waals surface area contributed by atoms with Crippen molar-refractivity contribution in [2.75, 3.05) is 11.9 Å². The maximum absolute atomic E-state index is 5.97. The standard InChI is InChI=1S/C15H12ClIN2OS/c1-2-20-10-4-6-13-14(8-10)21-15(19-13)18-12-5-3-9(16)7-11(12)17/h3-8H,2H2,1H3,(H,18,19). The Kier molecular flexibility index (Phi) is 4.51. The Hall–Kier alpha value is -1.05. The summed E-state index contributed by atoms with van der Waals surface area (Å²) in [4.78, 5) is 4.59. The third kappa shape index (κ3) is 3.41. The lowest BCUT2D eigenvalue weighted by Crippen LogP contribution is -1.91. The number of thiazole rings is 1. The average Bonchev–Trinajstić information content (AvgIpc) is 2.84. The number of fused-ring (bicyclic) bond motifs is 1. The van der Waals surface area contributed by atoms with Crippen molar-refractivity contribution in [3.8, 4) is 5.75 Å². The highest BCUT2D eigenvalue weighted by molar-refractivity contribution is 14.1. The van der Waals surface area contributed by atoms with Crippen LogP contribution in [0.25, 0.3) is 10.2 Å². The second kappa shape index (κ2) is 6.37. The first-order valence-electron chi connectivity index (χ1n) is 6.41. The molecule has 0 aliphatic carbocycles. The van der Waals surface area contributed by atoms with Gasteiger partial charge in [0.25, 0.3) is 0 Å². The van der Waals surface area contributed by atoms with E-state index in [0.717, 1.165) is 35.4 Å². The SMILES string of the molecule is CCOc1ccc2nc(Nc3ccc(Cl)cc3I)sc2c1. The fourth-order valence-electron chi connectivity index (χ4n) is 1.92. The molecule has 0 amide bonds. The van der Waals surface area contributed by atoms with Crippen molar-refractivity contribution in [2.24, 2.45) is 0 Å². The normalized spacial score (nSPS) is 10.8. The van der Waals surface area contributed by atoms with Crippen LogP contribution in [0.4, 0.5) is 10.8 Å². The van der Waals surface area contributed by atoms with E-state index in [-0.39, 0.29) is 0 Å². The smallest absolute Gasteiger partial charge is 0.188 e. The van der Waals surface area contributed by atoms with Gasteiger partial charge in [-0.2, -0.15) is 0 Å². The predicted molar refractivity (Wildman–Crippen MR) is 98.2 cm³/mol. The summed E-state index contributed by atoms with van der Waals surface area (Å²) in [5, 5.41) is 4.93. The van der Waals surface area contributed by atoms with Crippen LogP contribution in [-0.2, 0) is 0 Å². The van der Waals surface area contributed by atoms with Gasteiger partial charge in [-0.25, -0.2) is 4.98 Å². The molecule has 3 aromatic rings. The van der Waals surface area contributed by atoms with Gasteiger partial charge in [-0.15, -0.1) is 0 Å². The van der Waals surface area contributed by atoms with Crippen LogP contribution < -0.4 is 10.1 Å². The van der Waals surface area contributed by atoms with Crippen LogP contribution in [0.5, 0.6) is 5.75 Å². The lowest BCUT2D eigenvalue weighted by atomic mass is 10.3. The predicted octanol–water partition coefficient (Wildman–Crippen LogP) is 5.70. The third-order valence-electron chi connectivity index (χ3n) is 2.84. The molecule has 1 N–H and O–H groups in total. The third-order valence-corrected chi connectivity index (χ3v) is 4.90. The number of ether oxygens (including phenoxy) is 1. The molecule has 0 bridgehead atoms. The second-order valence-corrected chi connectivity index (χ2v) is 6.96. The molecule has 0 atom stereocenters. The molecule has 21 heavy (non-hydrogen) atoms. The van der Waals surface area contributed by atoms with Gasteiger partial charge in [0.2, 0.25) is 0 Å². The summed E-state index contributed by atoms with van der Waals surface area (Å²) in [7, 11) is 0. The fourth-order valence-corrected chi connectivity index (χ4v) is 3.83. The number of hydrogen-bond donors (Lipinski definition) is 1.